The zero-order valence-electron chi connectivity index (χ0n) is 25.0. The minimum absolute atomic E-state index is 0.103. The molecule has 3 aliphatic heterocycles. The Bertz CT molecular complexity index is 1770. The van der Waals surface area contributed by atoms with Crippen molar-refractivity contribution in [1.82, 2.24) is 9.55 Å². The maximum Gasteiger partial charge on any atom is 0.355 e. The van der Waals surface area contributed by atoms with Crippen molar-refractivity contribution in [3.05, 3.63) is 75.1 Å². The predicted octanol–water partition coefficient (Wildman–Crippen LogP) is 4.56. The van der Waals surface area contributed by atoms with Gasteiger partial charge in [-0.1, -0.05) is 47.1 Å². The lowest BCUT2D eigenvalue weighted by molar-refractivity contribution is -0.189. The van der Waals surface area contributed by atoms with Gasteiger partial charge in [-0.3, -0.25) is 14.4 Å². The van der Waals surface area contributed by atoms with Crippen LogP contribution in [0.15, 0.2) is 47.3 Å². The van der Waals surface area contributed by atoms with Gasteiger partial charge in [0.25, 0.3) is 5.56 Å². The second-order valence-corrected chi connectivity index (χ2v) is 12.0. The zero-order chi connectivity index (χ0) is 31.7. The van der Waals surface area contributed by atoms with E-state index in [4.69, 9.17) is 28.7 Å². The second kappa shape index (κ2) is 12.9. The van der Waals surface area contributed by atoms with Crippen molar-refractivity contribution in [2.45, 2.75) is 77.3 Å². The quantitative estimate of drug-likeness (QED) is 0.102. The molecule has 3 atom stereocenters. The van der Waals surface area contributed by atoms with Gasteiger partial charge in [-0.05, 0) is 43.0 Å². The largest absolute Gasteiger partial charge is 0.463 e. The number of pyridine rings is 2. The van der Waals surface area contributed by atoms with Crippen molar-refractivity contribution in [2.75, 3.05) is 11.9 Å². The average molecular weight is 682 g/mol. The summed E-state index contributed by atoms with van der Waals surface area (Å²) < 4.78 is 30.2. The van der Waals surface area contributed by atoms with Gasteiger partial charge in [0.15, 0.2) is 6.29 Å². The lowest BCUT2D eigenvalue weighted by Gasteiger charge is -2.35. The average Bonchev–Trinajstić information content (AvgIpc) is 3.41. The number of ether oxygens (including phenoxy) is 5. The van der Waals surface area contributed by atoms with E-state index < -0.39 is 23.8 Å². The molecule has 12 heteroatoms. The minimum atomic E-state index is -1.73. The molecule has 6 rings (SSSR count). The molecule has 0 spiro atoms. The van der Waals surface area contributed by atoms with Gasteiger partial charge in [-0.25, -0.2) is 9.78 Å². The van der Waals surface area contributed by atoms with Crippen molar-refractivity contribution in [3.8, 4) is 11.4 Å². The number of carbonyl (C=O) groups is 3. The number of para-hydroxylation sites is 1. The summed E-state index contributed by atoms with van der Waals surface area (Å²) in [6.07, 6.45) is 4.13. The molecule has 0 amide bonds. The number of rotatable bonds is 10. The lowest BCUT2D eigenvalue weighted by Crippen LogP contribution is -2.47. The molecule has 3 aliphatic rings. The molecule has 0 unspecified atom stereocenters. The molecule has 0 saturated carbocycles. The normalized spacial score (nSPS) is 21.5. The van der Waals surface area contributed by atoms with Crippen LogP contribution in [0.5, 0.6) is 0 Å². The second-order valence-electron chi connectivity index (χ2n) is 11.2. The molecule has 1 aromatic carbocycles. The van der Waals surface area contributed by atoms with E-state index in [0.717, 1.165) is 16.5 Å². The van der Waals surface area contributed by atoms with E-state index >= 15 is 0 Å². The van der Waals surface area contributed by atoms with Crippen LogP contribution in [0.2, 0.25) is 0 Å². The van der Waals surface area contributed by atoms with Crippen molar-refractivity contribution in [2.24, 2.45) is 0 Å². The fraction of sp³-hybridized carbons (Fsp3) is 0.424. The molecule has 3 aromatic rings. The summed E-state index contributed by atoms with van der Waals surface area (Å²) in [5.74, 6) is -1.61. The molecule has 0 radical (unpaired) electrons. The van der Waals surface area contributed by atoms with Gasteiger partial charge in [-0.15, -0.1) is 0 Å². The number of fused-ring (bicyclic) bond motifs is 5. The van der Waals surface area contributed by atoms with E-state index in [1.54, 1.807) is 17.6 Å². The molecule has 236 valence electrons. The first-order valence-electron chi connectivity index (χ1n) is 15.0. The van der Waals surface area contributed by atoms with Gasteiger partial charge < -0.3 is 28.3 Å². The highest BCUT2D eigenvalue weighted by Crippen LogP contribution is 2.42. The summed E-state index contributed by atoms with van der Waals surface area (Å²) in [5.41, 5.74) is 2.06. The number of carbonyl (C=O) groups excluding carboxylic acids is 3. The number of halogens is 1. The molecule has 0 aliphatic carbocycles. The smallest absolute Gasteiger partial charge is 0.355 e. The topological polar surface area (TPSA) is 132 Å². The van der Waals surface area contributed by atoms with Crippen molar-refractivity contribution >= 4 is 44.7 Å². The summed E-state index contributed by atoms with van der Waals surface area (Å²) in [7, 11) is 0. The predicted molar refractivity (Wildman–Crippen MR) is 165 cm³/mol. The molecular weight excluding hydrogens is 648 g/mol. The highest BCUT2D eigenvalue weighted by molar-refractivity contribution is 9.09. The van der Waals surface area contributed by atoms with E-state index in [2.05, 4.69) is 15.9 Å². The Kier molecular flexibility index (Phi) is 8.89. The third-order valence-electron chi connectivity index (χ3n) is 8.37. The van der Waals surface area contributed by atoms with Crippen LogP contribution in [-0.4, -0.2) is 51.8 Å². The number of cyclic esters (lactones) is 1. The van der Waals surface area contributed by atoms with Crippen LogP contribution in [0.4, 0.5) is 0 Å². The number of esters is 3. The monoisotopic (exact) mass is 680 g/mol. The Hall–Kier alpha value is -3.87. The molecule has 5 heterocycles. The Morgan fingerprint density at radius 2 is 2.02 bits per heavy atom. The van der Waals surface area contributed by atoms with Gasteiger partial charge >= 0.3 is 17.9 Å². The van der Waals surface area contributed by atoms with Gasteiger partial charge in [0.2, 0.25) is 5.60 Å². The molecule has 0 N–H and O–H groups in total. The van der Waals surface area contributed by atoms with E-state index in [0.29, 0.717) is 40.6 Å². The highest BCUT2D eigenvalue weighted by Gasteiger charge is 2.50. The first-order valence-corrected chi connectivity index (χ1v) is 16.1. The number of benzene rings is 1. The summed E-state index contributed by atoms with van der Waals surface area (Å²) >= 11 is 3.31. The Morgan fingerprint density at radius 3 is 2.80 bits per heavy atom. The SMILES string of the molecule is CC[C@@]1(OC(=O)CCCBr)C(=O)OCc2c1cc1n(c2=O)Cc2c-1nc1ccccc1c2CO[C@H]1C=CC[C@@H](COC(C)=O)O1. The summed E-state index contributed by atoms with van der Waals surface area (Å²) in [5, 5.41) is 1.48. The number of hydrogen-bond acceptors (Lipinski definition) is 10. The molecule has 0 saturated heterocycles. The zero-order valence-corrected chi connectivity index (χ0v) is 26.6. The molecule has 45 heavy (non-hydrogen) atoms. The fourth-order valence-corrected chi connectivity index (χ4v) is 6.38. The Balaban J connectivity index is 1.38. The van der Waals surface area contributed by atoms with Crippen LogP contribution in [0.1, 0.15) is 61.8 Å². The maximum atomic E-state index is 14.0. The third kappa shape index (κ3) is 5.82. The third-order valence-corrected chi connectivity index (χ3v) is 8.93. The van der Waals surface area contributed by atoms with Crippen molar-refractivity contribution in [3.63, 3.8) is 0 Å². The number of nitrogens with zero attached hydrogens (tertiary/aromatic N) is 2. The lowest BCUT2D eigenvalue weighted by atomic mass is 9.85. The standard InChI is InChI=1S/C33H33BrN2O9/c1-3-33(45-28(38)11-7-13-34)25-14-27-30-22(15-36(27)31(39)24(25)18-43-32(33)40)23(21-9-4-5-10-26(21)35-30)17-42-29-12-6-8-20(44-29)16-41-19(2)37/h4-6,9-10,12,14,20,29H,3,7-8,11,13,15-18H2,1-2H3/t20-,29+,33-/m0/s1. The van der Waals surface area contributed by atoms with Crippen molar-refractivity contribution < 1.29 is 38.1 Å². The molecule has 0 fully saturated rings. The van der Waals surface area contributed by atoms with Crippen LogP contribution >= 0.6 is 15.9 Å². The molecular formula is C33H33BrN2O9. The summed E-state index contributed by atoms with van der Waals surface area (Å²) in [6.45, 7) is 3.40. The summed E-state index contributed by atoms with van der Waals surface area (Å²) in [6, 6.07) is 9.41. The van der Waals surface area contributed by atoms with Gasteiger partial charge in [0.05, 0.1) is 41.7 Å². The molecule has 11 nitrogen and oxygen atoms in total. The van der Waals surface area contributed by atoms with Crippen LogP contribution < -0.4 is 5.56 Å². The van der Waals surface area contributed by atoms with Gasteiger partial charge in [-0.2, -0.15) is 0 Å². The highest BCUT2D eigenvalue weighted by atomic mass is 79.9. The Labute approximate surface area is 267 Å². The minimum Gasteiger partial charge on any atom is -0.463 e. The van der Waals surface area contributed by atoms with Crippen LogP contribution in [-0.2, 0) is 63.4 Å². The molecule has 0 bridgehead atoms. The molecule has 2 aromatic heterocycles. The van der Waals surface area contributed by atoms with Crippen LogP contribution in [0.3, 0.4) is 0 Å². The van der Waals surface area contributed by atoms with E-state index in [9.17, 15) is 19.2 Å². The maximum absolute atomic E-state index is 14.0. The van der Waals surface area contributed by atoms with E-state index in [1.807, 2.05) is 36.4 Å². The van der Waals surface area contributed by atoms with Crippen molar-refractivity contribution in [1.29, 1.82) is 0 Å². The van der Waals surface area contributed by atoms with E-state index in [-0.39, 0.29) is 62.4 Å². The van der Waals surface area contributed by atoms with Crippen LogP contribution in [0.25, 0.3) is 22.3 Å². The van der Waals surface area contributed by atoms with Gasteiger partial charge in [0, 0.05) is 35.2 Å². The first-order chi connectivity index (χ1) is 21.8. The Morgan fingerprint density at radius 1 is 1.20 bits per heavy atom. The summed E-state index contributed by atoms with van der Waals surface area (Å²) in [4.78, 5) is 56.2. The fourth-order valence-electron chi connectivity index (χ4n) is 6.10. The first kappa shape index (κ1) is 31.1. The van der Waals surface area contributed by atoms with Gasteiger partial charge in [0.1, 0.15) is 13.2 Å². The van der Waals surface area contributed by atoms with Crippen LogP contribution in [0, 0.1) is 0 Å². The number of alkyl halides is 1. The number of aromatic nitrogens is 2. The van der Waals surface area contributed by atoms with E-state index in [1.165, 1.54) is 6.92 Å². The number of hydrogen-bond donors (Lipinski definition) is 0.